The van der Waals surface area contributed by atoms with E-state index in [4.69, 9.17) is 0 Å². The summed E-state index contributed by atoms with van der Waals surface area (Å²) in [7, 11) is 3.51. The van der Waals surface area contributed by atoms with Gasteiger partial charge in [-0.05, 0) is 6.07 Å². The largest absolute Gasteiger partial charge is 0.345 e. The molecule has 2 aromatic heterocycles. The van der Waals surface area contributed by atoms with Crippen LogP contribution in [0.1, 0.15) is 5.69 Å². The van der Waals surface area contributed by atoms with Gasteiger partial charge < -0.3 is 0 Å². The van der Waals surface area contributed by atoms with Gasteiger partial charge in [-0.15, -0.1) is 0 Å². The fraction of sp³-hybridized carbons (Fsp3) is 0.375. The highest BCUT2D eigenvalue weighted by Gasteiger charge is 2.03. The standard InChI is InChI=1S/C8H11N5O/c1-11-6-9-13(8(11)14)5-7-3-4-12(2)10-7/h3-4,6H,5H2,1-2H3. The molecule has 0 saturated carbocycles. The maximum Gasteiger partial charge on any atom is 0.345 e. The molecule has 2 rings (SSSR count). The van der Waals surface area contributed by atoms with Gasteiger partial charge in [0.2, 0.25) is 0 Å². The zero-order valence-corrected chi connectivity index (χ0v) is 8.08. The maximum absolute atomic E-state index is 11.4. The van der Waals surface area contributed by atoms with Crippen LogP contribution in [0.2, 0.25) is 0 Å². The van der Waals surface area contributed by atoms with Gasteiger partial charge in [0.15, 0.2) is 0 Å². The number of hydrogen-bond donors (Lipinski definition) is 0. The minimum Gasteiger partial charge on any atom is -0.285 e. The van der Waals surface area contributed by atoms with Gasteiger partial charge in [0.05, 0.1) is 12.2 Å². The molecule has 6 heteroatoms. The molecule has 0 N–H and O–H groups in total. The van der Waals surface area contributed by atoms with Crippen molar-refractivity contribution in [3.63, 3.8) is 0 Å². The molecule has 0 radical (unpaired) electrons. The van der Waals surface area contributed by atoms with Crippen LogP contribution >= 0.6 is 0 Å². The van der Waals surface area contributed by atoms with Crippen LogP contribution in [-0.2, 0) is 20.6 Å². The van der Waals surface area contributed by atoms with E-state index in [9.17, 15) is 4.79 Å². The Morgan fingerprint density at radius 2 is 2.21 bits per heavy atom. The normalized spacial score (nSPS) is 10.7. The molecule has 0 fully saturated rings. The first-order valence-electron chi connectivity index (χ1n) is 4.24. The van der Waals surface area contributed by atoms with Crippen LogP contribution in [0, 0.1) is 0 Å². The summed E-state index contributed by atoms with van der Waals surface area (Å²) in [6.07, 6.45) is 3.33. The Kier molecular flexibility index (Phi) is 1.95. The molecule has 6 nitrogen and oxygen atoms in total. The van der Waals surface area contributed by atoms with Gasteiger partial charge in [-0.2, -0.15) is 10.2 Å². The number of aryl methyl sites for hydroxylation is 2. The third kappa shape index (κ3) is 1.46. The van der Waals surface area contributed by atoms with Crippen LogP contribution in [-0.4, -0.2) is 24.1 Å². The third-order valence-corrected chi connectivity index (χ3v) is 1.97. The van der Waals surface area contributed by atoms with Gasteiger partial charge in [-0.3, -0.25) is 9.25 Å². The molecule has 2 aromatic rings. The van der Waals surface area contributed by atoms with Crippen LogP contribution in [0.25, 0.3) is 0 Å². The summed E-state index contributed by atoms with van der Waals surface area (Å²) in [6, 6.07) is 1.86. The number of aromatic nitrogens is 5. The highest BCUT2D eigenvalue weighted by Crippen LogP contribution is 1.94. The van der Waals surface area contributed by atoms with E-state index in [-0.39, 0.29) is 5.69 Å². The number of hydrogen-bond acceptors (Lipinski definition) is 3. The predicted octanol–water partition coefficient (Wildman–Crippen LogP) is -0.636. The van der Waals surface area contributed by atoms with Crippen LogP contribution in [0.4, 0.5) is 0 Å². The monoisotopic (exact) mass is 193 g/mol. The molecule has 0 aliphatic rings. The van der Waals surface area contributed by atoms with Gasteiger partial charge in [-0.1, -0.05) is 0 Å². The van der Waals surface area contributed by atoms with Gasteiger partial charge in [-0.25, -0.2) is 9.48 Å². The van der Waals surface area contributed by atoms with E-state index < -0.39 is 0 Å². The van der Waals surface area contributed by atoms with Crippen molar-refractivity contribution in [2.75, 3.05) is 0 Å². The minimum absolute atomic E-state index is 0.129. The Hall–Kier alpha value is -1.85. The molecule has 0 spiro atoms. The lowest BCUT2D eigenvalue weighted by Crippen LogP contribution is -2.23. The van der Waals surface area contributed by atoms with E-state index in [0.29, 0.717) is 6.54 Å². The Labute approximate surface area is 80.4 Å². The van der Waals surface area contributed by atoms with Gasteiger partial charge >= 0.3 is 5.69 Å². The lowest BCUT2D eigenvalue weighted by atomic mass is 10.4. The van der Waals surface area contributed by atoms with Crippen molar-refractivity contribution in [1.82, 2.24) is 24.1 Å². The Morgan fingerprint density at radius 3 is 2.71 bits per heavy atom. The van der Waals surface area contributed by atoms with Crippen molar-refractivity contribution in [1.29, 1.82) is 0 Å². The number of rotatable bonds is 2. The molecule has 0 bridgehead atoms. The zero-order chi connectivity index (χ0) is 10.1. The molecule has 0 atom stereocenters. The van der Waals surface area contributed by atoms with Crippen LogP contribution < -0.4 is 5.69 Å². The SMILES string of the molecule is Cn1ccc(Cn2ncn(C)c2=O)n1. The first-order chi connectivity index (χ1) is 6.66. The fourth-order valence-corrected chi connectivity index (χ4v) is 1.23. The van der Waals surface area contributed by atoms with E-state index in [1.165, 1.54) is 15.6 Å². The third-order valence-electron chi connectivity index (χ3n) is 1.97. The summed E-state index contributed by atoms with van der Waals surface area (Å²) in [6.45, 7) is 0.417. The highest BCUT2D eigenvalue weighted by atomic mass is 16.2. The zero-order valence-electron chi connectivity index (χ0n) is 8.08. The van der Waals surface area contributed by atoms with E-state index in [1.54, 1.807) is 11.7 Å². The first-order valence-corrected chi connectivity index (χ1v) is 4.24. The van der Waals surface area contributed by atoms with E-state index >= 15 is 0 Å². The molecule has 0 aliphatic heterocycles. The first kappa shape index (κ1) is 8.74. The molecular weight excluding hydrogens is 182 g/mol. The number of nitrogens with zero attached hydrogens (tertiary/aromatic N) is 5. The lowest BCUT2D eigenvalue weighted by Gasteiger charge is -1.94. The van der Waals surface area contributed by atoms with Crippen LogP contribution in [0.5, 0.6) is 0 Å². The molecule has 0 aliphatic carbocycles. The van der Waals surface area contributed by atoms with Crippen LogP contribution in [0.15, 0.2) is 23.4 Å². The van der Waals surface area contributed by atoms with Crippen molar-refractivity contribution >= 4 is 0 Å². The Morgan fingerprint density at radius 1 is 1.43 bits per heavy atom. The average molecular weight is 193 g/mol. The summed E-state index contributed by atoms with van der Waals surface area (Å²) >= 11 is 0. The molecule has 0 aromatic carbocycles. The van der Waals surface area contributed by atoms with E-state index in [2.05, 4.69) is 10.2 Å². The summed E-state index contributed by atoms with van der Waals surface area (Å²) in [5.74, 6) is 0. The van der Waals surface area contributed by atoms with Crippen LogP contribution in [0.3, 0.4) is 0 Å². The second-order valence-corrected chi connectivity index (χ2v) is 3.16. The van der Waals surface area contributed by atoms with Gasteiger partial charge in [0, 0.05) is 20.3 Å². The second kappa shape index (κ2) is 3.13. The molecule has 74 valence electrons. The lowest BCUT2D eigenvalue weighted by molar-refractivity contribution is 0.621. The smallest absolute Gasteiger partial charge is 0.285 e. The Balaban J connectivity index is 2.27. The van der Waals surface area contributed by atoms with E-state index in [0.717, 1.165) is 5.69 Å². The Bertz CT molecular complexity index is 492. The van der Waals surface area contributed by atoms with Crippen molar-refractivity contribution in [2.24, 2.45) is 14.1 Å². The maximum atomic E-state index is 11.4. The summed E-state index contributed by atoms with van der Waals surface area (Å²) < 4.78 is 4.51. The fourth-order valence-electron chi connectivity index (χ4n) is 1.23. The summed E-state index contributed by atoms with van der Waals surface area (Å²) in [4.78, 5) is 11.4. The van der Waals surface area contributed by atoms with Crippen molar-refractivity contribution in [3.05, 3.63) is 34.8 Å². The predicted molar refractivity (Wildman–Crippen MR) is 49.8 cm³/mol. The van der Waals surface area contributed by atoms with Crippen molar-refractivity contribution < 1.29 is 0 Å². The highest BCUT2D eigenvalue weighted by molar-refractivity contribution is 4.98. The molecule has 0 saturated heterocycles. The average Bonchev–Trinajstić information content (AvgIpc) is 2.67. The van der Waals surface area contributed by atoms with Crippen molar-refractivity contribution in [2.45, 2.75) is 6.54 Å². The summed E-state index contributed by atoms with van der Waals surface area (Å²) in [5.41, 5.74) is 0.698. The van der Waals surface area contributed by atoms with Gasteiger partial charge in [0.25, 0.3) is 0 Å². The quantitative estimate of drug-likeness (QED) is 0.637. The van der Waals surface area contributed by atoms with Crippen molar-refractivity contribution in [3.8, 4) is 0 Å². The van der Waals surface area contributed by atoms with E-state index in [1.807, 2.05) is 19.3 Å². The molecule has 0 amide bonds. The molecule has 14 heavy (non-hydrogen) atoms. The van der Waals surface area contributed by atoms with Gasteiger partial charge in [0.1, 0.15) is 6.33 Å². The molecular formula is C8H11N5O. The molecule has 0 unspecified atom stereocenters. The minimum atomic E-state index is -0.129. The summed E-state index contributed by atoms with van der Waals surface area (Å²) in [5, 5.41) is 8.10. The topological polar surface area (TPSA) is 57.6 Å². The molecule has 2 heterocycles. The second-order valence-electron chi connectivity index (χ2n) is 3.16.